The minimum Gasteiger partial charge on any atom is -0.462 e. The molecule has 0 spiro atoms. The lowest BCUT2D eigenvalue weighted by Crippen LogP contribution is -2.37. The van der Waals surface area contributed by atoms with Gasteiger partial charge < -0.3 is 18.9 Å². The zero-order valence-electron chi connectivity index (χ0n) is 57.8. The third-order valence-electron chi connectivity index (χ3n) is 14.4. The Morgan fingerprint density at radius 3 is 0.889 bits per heavy atom. The molecule has 2 unspecified atom stereocenters. The molecular weight excluding hydrogens is 1130 g/mol. The van der Waals surface area contributed by atoms with Gasteiger partial charge >= 0.3 is 19.8 Å². The van der Waals surface area contributed by atoms with Gasteiger partial charge in [0.1, 0.15) is 19.8 Å². The van der Waals surface area contributed by atoms with Crippen LogP contribution in [-0.2, 0) is 32.7 Å². The van der Waals surface area contributed by atoms with Crippen molar-refractivity contribution in [3.8, 4) is 0 Å². The van der Waals surface area contributed by atoms with Crippen molar-refractivity contribution in [3.63, 3.8) is 0 Å². The normalized spacial score (nSPS) is 14.2. The number of carbonyl (C=O) groups excluding carboxylic acids is 2. The van der Waals surface area contributed by atoms with Crippen molar-refractivity contribution in [2.75, 3.05) is 47.5 Å². The molecule has 0 amide bonds. The average molecular weight is 1270 g/mol. The highest BCUT2D eigenvalue weighted by molar-refractivity contribution is 7.47. The molecule has 0 heterocycles. The number of ether oxygens (including phenoxy) is 2. The van der Waals surface area contributed by atoms with Crippen molar-refractivity contribution in [3.05, 3.63) is 182 Å². The van der Waals surface area contributed by atoms with Gasteiger partial charge in [-0.15, -0.1) is 0 Å². The monoisotopic (exact) mass is 1260 g/mol. The second-order valence-corrected chi connectivity index (χ2v) is 25.6. The van der Waals surface area contributed by atoms with Gasteiger partial charge in [0, 0.05) is 12.8 Å². The highest BCUT2D eigenvalue weighted by Crippen LogP contribution is 2.43. The van der Waals surface area contributed by atoms with Crippen LogP contribution in [0.2, 0.25) is 0 Å². The van der Waals surface area contributed by atoms with Crippen LogP contribution in [-0.4, -0.2) is 74.9 Å². The number of unbranched alkanes of at least 4 members (excludes halogenated alkanes) is 19. The minimum atomic E-state index is -4.41. The Morgan fingerprint density at radius 2 is 0.600 bits per heavy atom. The smallest absolute Gasteiger partial charge is 0.462 e. The predicted octanol–water partition coefficient (Wildman–Crippen LogP) is 23.5. The fourth-order valence-corrected chi connectivity index (χ4v) is 9.81. The van der Waals surface area contributed by atoms with E-state index in [1.807, 2.05) is 21.1 Å². The Hall–Kier alpha value is -4.89. The Labute approximate surface area is 552 Å². The fraction of sp³-hybridized carbons (Fsp3) is 0.600. The quantitative estimate of drug-likeness (QED) is 0.0211. The van der Waals surface area contributed by atoms with Crippen LogP contribution in [0.4, 0.5) is 0 Å². The van der Waals surface area contributed by atoms with Gasteiger partial charge in [0.05, 0.1) is 27.7 Å². The number of carbonyl (C=O) groups is 2. The lowest BCUT2D eigenvalue weighted by atomic mass is 10.0. The zero-order chi connectivity index (χ0) is 65.5. The molecule has 0 saturated heterocycles. The molecule has 1 N–H and O–H groups in total. The highest BCUT2D eigenvalue weighted by atomic mass is 31.2. The summed E-state index contributed by atoms with van der Waals surface area (Å²) in [5.74, 6) is -0.836. The molecule has 0 aliphatic rings. The lowest BCUT2D eigenvalue weighted by Gasteiger charge is -2.24. The van der Waals surface area contributed by atoms with Crippen molar-refractivity contribution in [2.24, 2.45) is 0 Å². The molecule has 0 aromatic heterocycles. The van der Waals surface area contributed by atoms with Crippen molar-refractivity contribution in [1.82, 2.24) is 0 Å². The third kappa shape index (κ3) is 72.2. The first-order chi connectivity index (χ1) is 44.0. The summed E-state index contributed by atoms with van der Waals surface area (Å²) >= 11 is 0. The van der Waals surface area contributed by atoms with Gasteiger partial charge in [0.2, 0.25) is 0 Å². The van der Waals surface area contributed by atoms with Crippen LogP contribution >= 0.6 is 7.82 Å². The molecule has 0 saturated carbocycles. The zero-order valence-corrected chi connectivity index (χ0v) is 58.7. The molecular formula is C80H131NO8P+. The molecule has 0 rings (SSSR count). The van der Waals surface area contributed by atoms with Crippen LogP contribution in [0.5, 0.6) is 0 Å². The maximum absolute atomic E-state index is 12.9. The molecule has 0 aromatic rings. The summed E-state index contributed by atoms with van der Waals surface area (Å²) in [7, 11) is 1.44. The molecule has 10 heteroatoms. The van der Waals surface area contributed by atoms with Crippen LogP contribution in [0.25, 0.3) is 0 Å². The molecule has 0 aromatic carbocycles. The SMILES string of the molecule is CC/C=C\C/C=C\C/C=C\C/C=C\C/C=C\C/C=C\C/C=C\C/C=C\CCCCCCC(=O)OC(COC(=O)CCCCCCCCCCCCCCCCC/C=C\C/C=C\C/C=C\C/C=C\C/C=C\C/C=C\C/C=C\CC)COP(=O)(O)OCC[N+](C)(C)C. The largest absolute Gasteiger partial charge is 0.472 e. The summed E-state index contributed by atoms with van der Waals surface area (Å²) < 4.78 is 34.7. The molecule has 0 aliphatic carbocycles. The van der Waals surface area contributed by atoms with E-state index in [1.165, 1.54) is 83.5 Å². The van der Waals surface area contributed by atoms with E-state index in [4.69, 9.17) is 18.5 Å². The van der Waals surface area contributed by atoms with Crippen molar-refractivity contribution >= 4 is 19.8 Å². The van der Waals surface area contributed by atoms with E-state index in [9.17, 15) is 19.0 Å². The Balaban J connectivity index is 4.13. The number of allylic oxidation sites excluding steroid dienone is 30. The van der Waals surface area contributed by atoms with Gasteiger partial charge in [-0.2, -0.15) is 0 Å². The molecule has 2 atom stereocenters. The van der Waals surface area contributed by atoms with E-state index < -0.39 is 26.5 Å². The van der Waals surface area contributed by atoms with Gasteiger partial charge in [-0.05, 0) is 135 Å². The van der Waals surface area contributed by atoms with Gasteiger partial charge in [-0.25, -0.2) is 4.57 Å². The molecule has 508 valence electrons. The van der Waals surface area contributed by atoms with Crippen LogP contribution in [0.15, 0.2) is 182 Å². The summed E-state index contributed by atoms with van der Waals surface area (Å²) in [6.45, 7) is 4.16. The van der Waals surface area contributed by atoms with E-state index >= 15 is 0 Å². The van der Waals surface area contributed by atoms with Gasteiger partial charge in [0.25, 0.3) is 0 Å². The maximum atomic E-state index is 12.9. The van der Waals surface area contributed by atoms with Crippen molar-refractivity contribution < 1.29 is 42.1 Å². The summed E-state index contributed by atoms with van der Waals surface area (Å²) in [5, 5.41) is 0. The summed E-state index contributed by atoms with van der Waals surface area (Å²) in [6, 6.07) is 0. The number of quaternary nitrogens is 1. The Bertz CT molecular complexity index is 2170. The number of rotatable bonds is 63. The molecule has 0 aliphatic heterocycles. The van der Waals surface area contributed by atoms with Gasteiger partial charge in [-0.1, -0.05) is 292 Å². The first kappa shape index (κ1) is 85.1. The average Bonchev–Trinajstić information content (AvgIpc) is 3.58. The fourth-order valence-electron chi connectivity index (χ4n) is 9.07. The van der Waals surface area contributed by atoms with E-state index in [0.29, 0.717) is 17.4 Å². The number of likely N-dealkylation sites (N-methyl/N-ethyl adjacent to an activating group) is 1. The standard InChI is InChI=1S/C80H130NO8P/c1-6-8-10-12-14-16-18-20-22-24-26-28-30-32-34-36-37-38-39-40-41-42-43-45-46-48-50-52-54-56-58-60-62-64-66-68-70-72-79(82)86-76-78(77-88-90(84,85)87-75-74-81(3,4)5)89-80(83)73-71-69-67-65-63-61-59-57-55-53-51-49-47-44-35-33-31-29-27-25-23-21-19-17-15-13-11-9-7-2/h8-11,14-17,20-23,26-29,32-35,37-38,40-41,47,49,53,55,59,61,78H,6-7,12-13,18-19,24-25,30-31,36,39,42-46,48,50-52,54,56-58,60,62-77H2,1-5H3/p+1/b10-8-,11-9-,16-14-,17-15-,22-20-,23-21-,28-26-,29-27-,34-32-,35-33-,38-37-,41-40-,49-47-,55-53-,61-59-. The minimum absolute atomic E-state index is 0.0172. The lowest BCUT2D eigenvalue weighted by molar-refractivity contribution is -0.870. The number of esters is 2. The molecule has 90 heavy (non-hydrogen) atoms. The summed E-state index contributed by atoms with van der Waals surface area (Å²) in [4.78, 5) is 35.9. The molecule has 0 radical (unpaired) electrons. The topological polar surface area (TPSA) is 108 Å². The van der Waals surface area contributed by atoms with E-state index in [0.717, 1.165) is 141 Å². The second kappa shape index (κ2) is 68.5. The van der Waals surface area contributed by atoms with Crippen LogP contribution < -0.4 is 0 Å². The molecule has 0 bridgehead atoms. The molecule has 9 nitrogen and oxygen atoms in total. The van der Waals surface area contributed by atoms with E-state index in [2.05, 4.69) is 196 Å². The van der Waals surface area contributed by atoms with Crippen LogP contribution in [0, 0.1) is 0 Å². The summed E-state index contributed by atoms with van der Waals surface area (Å²) in [5.41, 5.74) is 0. The number of hydrogen-bond acceptors (Lipinski definition) is 7. The predicted molar refractivity (Wildman–Crippen MR) is 389 cm³/mol. The number of phosphoric ester groups is 1. The highest BCUT2D eigenvalue weighted by Gasteiger charge is 2.27. The third-order valence-corrected chi connectivity index (χ3v) is 15.4. The van der Waals surface area contributed by atoms with Crippen molar-refractivity contribution in [1.29, 1.82) is 0 Å². The van der Waals surface area contributed by atoms with Gasteiger partial charge in [0.15, 0.2) is 6.10 Å². The maximum Gasteiger partial charge on any atom is 0.472 e. The van der Waals surface area contributed by atoms with Crippen LogP contribution in [0.3, 0.4) is 0 Å². The Morgan fingerprint density at radius 1 is 0.344 bits per heavy atom. The molecule has 0 fully saturated rings. The second-order valence-electron chi connectivity index (χ2n) is 24.2. The number of phosphoric acid groups is 1. The summed E-state index contributed by atoms with van der Waals surface area (Å²) in [6.07, 6.45) is 106. The van der Waals surface area contributed by atoms with Crippen LogP contribution in [0.1, 0.15) is 258 Å². The first-order valence-electron chi connectivity index (χ1n) is 35.5. The van der Waals surface area contributed by atoms with E-state index in [1.54, 1.807) is 0 Å². The Kier molecular flexibility index (Phi) is 64.8. The number of hydrogen-bond donors (Lipinski definition) is 1. The first-order valence-corrected chi connectivity index (χ1v) is 37.0. The number of nitrogens with zero attached hydrogens (tertiary/aromatic N) is 1. The van der Waals surface area contributed by atoms with E-state index in [-0.39, 0.29) is 32.0 Å². The van der Waals surface area contributed by atoms with Gasteiger partial charge in [-0.3, -0.25) is 18.6 Å². The van der Waals surface area contributed by atoms with Crippen molar-refractivity contribution in [2.45, 2.75) is 264 Å².